The summed E-state index contributed by atoms with van der Waals surface area (Å²) in [5, 5.41) is 2.55. The van der Waals surface area contributed by atoms with E-state index in [9.17, 15) is 9.59 Å². The van der Waals surface area contributed by atoms with Gasteiger partial charge in [0.1, 0.15) is 12.0 Å². The molecular formula is C20H18N2O3. The van der Waals surface area contributed by atoms with E-state index < -0.39 is 5.92 Å². The second-order valence-electron chi connectivity index (χ2n) is 5.61. The molecule has 0 aliphatic carbocycles. The van der Waals surface area contributed by atoms with Gasteiger partial charge < -0.3 is 14.5 Å². The van der Waals surface area contributed by atoms with Gasteiger partial charge in [-0.25, -0.2) is 4.98 Å². The number of carbonyl (C=O) groups is 2. The molecule has 2 aromatic carbocycles. The van der Waals surface area contributed by atoms with Crippen molar-refractivity contribution >= 4 is 12.2 Å². The standard InChI is InChI=1S/C20H18N2O3/c1-21-19(24)18-17(15-10-6-3-7-11-15)22-20(25-18)16(13-23)12-14-8-4-2-5-9-14/h2-11,13,16H,12H2,1H3,(H,21,24)/t16-/m1/s1. The quantitative estimate of drug-likeness (QED) is 0.703. The average Bonchev–Trinajstić information content (AvgIpc) is 3.12. The molecule has 5 heteroatoms. The van der Waals surface area contributed by atoms with Gasteiger partial charge in [-0.3, -0.25) is 4.79 Å². The van der Waals surface area contributed by atoms with Crippen LogP contribution in [0, 0.1) is 0 Å². The first-order valence-corrected chi connectivity index (χ1v) is 8.00. The molecule has 126 valence electrons. The molecule has 3 rings (SSSR count). The summed E-state index contributed by atoms with van der Waals surface area (Å²) in [6, 6.07) is 18.9. The Hall–Kier alpha value is -3.21. The molecule has 0 saturated heterocycles. The molecular weight excluding hydrogens is 316 g/mol. The number of aldehydes is 1. The maximum Gasteiger partial charge on any atom is 0.289 e. The van der Waals surface area contributed by atoms with Crippen LogP contribution in [0.3, 0.4) is 0 Å². The molecule has 25 heavy (non-hydrogen) atoms. The molecule has 1 N–H and O–H groups in total. The predicted molar refractivity (Wildman–Crippen MR) is 94.3 cm³/mol. The fraction of sp³-hybridized carbons (Fsp3) is 0.150. The van der Waals surface area contributed by atoms with Gasteiger partial charge in [0.25, 0.3) is 5.91 Å². The summed E-state index contributed by atoms with van der Waals surface area (Å²) in [7, 11) is 1.53. The van der Waals surface area contributed by atoms with E-state index >= 15 is 0 Å². The fourth-order valence-electron chi connectivity index (χ4n) is 2.62. The lowest BCUT2D eigenvalue weighted by Crippen LogP contribution is -2.17. The number of oxazole rings is 1. The van der Waals surface area contributed by atoms with Gasteiger partial charge in [0.05, 0.1) is 5.92 Å². The van der Waals surface area contributed by atoms with E-state index in [0.717, 1.165) is 17.4 Å². The fourth-order valence-corrected chi connectivity index (χ4v) is 2.62. The molecule has 0 saturated carbocycles. The number of rotatable bonds is 6. The summed E-state index contributed by atoms with van der Waals surface area (Å²) in [5.74, 6) is -0.565. The van der Waals surface area contributed by atoms with Gasteiger partial charge in [0, 0.05) is 12.6 Å². The van der Waals surface area contributed by atoms with Gasteiger partial charge in [-0.2, -0.15) is 0 Å². The molecule has 0 aliphatic rings. The summed E-state index contributed by atoms with van der Waals surface area (Å²) in [6.45, 7) is 0. The monoisotopic (exact) mass is 334 g/mol. The van der Waals surface area contributed by atoms with Crippen molar-refractivity contribution in [3.8, 4) is 11.3 Å². The number of benzene rings is 2. The molecule has 0 aliphatic heterocycles. The van der Waals surface area contributed by atoms with Crippen LogP contribution in [-0.4, -0.2) is 24.2 Å². The molecule has 1 heterocycles. The van der Waals surface area contributed by atoms with Gasteiger partial charge in [0.2, 0.25) is 11.7 Å². The molecule has 1 amide bonds. The smallest absolute Gasteiger partial charge is 0.289 e. The van der Waals surface area contributed by atoms with Crippen molar-refractivity contribution < 1.29 is 14.0 Å². The van der Waals surface area contributed by atoms with Crippen molar-refractivity contribution in [1.82, 2.24) is 10.3 Å². The minimum atomic E-state index is -0.553. The minimum absolute atomic E-state index is 0.114. The van der Waals surface area contributed by atoms with E-state index in [-0.39, 0.29) is 17.6 Å². The van der Waals surface area contributed by atoms with Crippen molar-refractivity contribution in [1.29, 1.82) is 0 Å². The van der Waals surface area contributed by atoms with Crippen LogP contribution in [0.4, 0.5) is 0 Å². The first kappa shape index (κ1) is 16.6. The highest BCUT2D eigenvalue weighted by Gasteiger charge is 2.25. The SMILES string of the molecule is CNC(=O)c1oc([C@@H](C=O)Cc2ccccc2)nc1-c1ccccc1. The van der Waals surface area contributed by atoms with Crippen LogP contribution in [0.25, 0.3) is 11.3 Å². The molecule has 5 nitrogen and oxygen atoms in total. The van der Waals surface area contributed by atoms with Gasteiger partial charge in [0.15, 0.2) is 0 Å². The molecule has 1 atom stereocenters. The number of amides is 1. The second kappa shape index (κ2) is 7.57. The van der Waals surface area contributed by atoms with E-state index in [1.165, 1.54) is 7.05 Å². The van der Waals surface area contributed by atoms with Gasteiger partial charge in [-0.05, 0) is 12.0 Å². The van der Waals surface area contributed by atoms with Crippen LogP contribution < -0.4 is 5.32 Å². The second-order valence-corrected chi connectivity index (χ2v) is 5.61. The van der Waals surface area contributed by atoms with Crippen LogP contribution in [0.2, 0.25) is 0 Å². The molecule has 1 aromatic heterocycles. The van der Waals surface area contributed by atoms with Gasteiger partial charge in [-0.1, -0.05) is 60.7 Å². The van der Waals surface area contributed by atoms with Crippen molar-refractivity contribution in [3.05, 3.63) is 77.9 Å². The Balaban J connectivity index is 2.00. The van der Waals surface area contributed by atoms with E-state index in [1.807, 2.05) is 60.7 Å². The molecule has 0 bridgehead atoms. The first-order chi connectivity index (χ1) is 12.2. The Morgan fingerprint density at radius 2 is 1.76 bits per heavy atom. The van der Waals surface area contributed by atoms with E-state index in [1.54, 1.807) is 0 Å². The maximum absolute atomic E-state index is 12.2. The van der Waals surface area contributed by atoms with Crippen LogP contribution in [-0.2, 0) is 11.2 Å². The molecule has 0 radical (unpaired) electrons. The third-order valence-electron chi connectivity index (χ3n) is 3.90. The Bertz CT molecular complexity index is 857. The number of carbonyl (C=O) groups excluding carboxylic acids is 2. The maximum atomic E-state index is 12.2. The Kier molecular flexibility index (Phi) is 5.04. The van der Waals surface area contributed by atoms with Crippen molar-refractivity contribution in [3.63, 3.8) is 0 Å². The highest BCUT2D eigenvalue weighted by molar-refractivity contribution is 5.97. The lowest BCUT2D eigenvalue weighted by Gasteiger charge is -2.05. The van der Waals surface area contributed by atoms with Crippen LogP contribution in [0.15, 0.2) is 65.1 Å². The van der Waals surface area contributed by atoms with Crippen molar-refractivity contribution in [2.24, 2.45) is 0 Å². The number of hydrogen-bond donors (Lipinski definition) is 1. The molecule has 3 aromatic rings. The van der Waals surface area contributed by atoms with Crippen LogP contribution >= 0.6 is 0 Å². The topological polar surface area (TPSA) is 72.2 Å². The van der Waals surface area contributed by atoms with Crippen molar-refractivity contribution in [2.75, 3.05) is 7.05 Å². The van der Waals surface area contributed by atoms with E-state index in [4.69, 9.17) is 4.42 Å². The highest BCUT2D eigenvalue weighted by atomic mass is 16.4. The highest BCUT2D eigenvalue weighted by Crippen LogP contribution is 2.28. The summed E-state index contributed by atoms with van der Waals surface area (Å²) in [6.07, 6.45) is 1.27. The lowest BCUT2D eigenvalue weighted by atomic mass is 10.0. The van der Waals surface area contributed by atoms with Gasteiger partial charge in [-0.15, -0.1) is 0 Å². The predicted octanol–water partition coefficient (Wildman–Crippen LogP) is 3.23. The minimum Gasteiger partial charge on any atom is -0.434 e. The number of hydrogen-bond acceptors (Lipinski definition) is 4. The molecule has 0 fully saturated rings. The van der Waals surface area contributed by atoms with Gasteiger partial charge >= 0.3 is 0 Å². The number of nitrogens with zero attached hydrogens (tertiary/aromatic N) is 1. The Morgan fingerprint density at radius 3 is 2.36 bits per heavy atom. The third kappa shape index (κ3) is 3.66. The Labute approximate surface area is 145 Å². The Morgan fingerprint density at radius 1 is 1.12 bits per heavy atom. The average molecular weight is 334 g/mol. The summed E-state index contributed by atoms with van der Waals surface area (Å²) >= 11 is 0. The summed E-state index contributed by atoms with van der Waals surface area (Å²) in [4.78, 5) is 28.2. The number of nitrogens with one attached hydrogen (secondary N) is 1. The summed E-state index contributed by atoms with van der Waals surface area (Å²) in [5.41, 5.74) is 2.20. The zero-order chi connectivity index (χ0) is 17.6. The van der Waals surface area contributed by atoms with Crippen LogP contribution in [0.5, 0.6) is 0 Å². The number of aromatic nitrogens is 1. The first-order valence-electron chi connectivity index (χ1n) is 8.00. The molecule has 0 spiro atoms. The molecule has 0 unspecified atom stereocenters. The van der Waals surface area contributed by atoms with Crippen LogP contribution in [0.1, 0.15) is 27.9 Å². The zero-order valence-electron chi connectivity index (χ0n) is 13.8. The van der Waals surface area contributed by atoms with Crippen molar-refractivity contribution in [2.45, 2.75) is 12.3 Å². The summed E-state index contributed by atoms with van der Waals surface area (Å²) < 4.78 is 5.69. The van der Waals surface area contributed by atoms with E-state index in [0.29, 0.717) is 12.1 Å². The largest absolute Gasteiger partial charge is 0.434 e. The third-order valence-corrected chi connectivity index (χ3v) is 3.90. The normalized spacial score (nSPS) is 11.7. The zero-order valence-corrected chi connectivity index (χ0v) is 13.8. The lowest BCUT2D eigenvalue weighted by molar-refractivity contribution is -0.109. The van der Waals surface area contributed by atoms with E-state index in [2.05, 4.69) is 10.3 Å².